The minimum atomic E-state index is -0.985. The maximum absolute atomic E-state index is 10.7. The Labute approximate surface area is 113 Å². The van der Waals surface area contributed by atoms with Gasteiger partial charge < -0.3 is 14.8 Å². The molecule has 0 aliphatic rings. The molecule has 0 aliphatic heterocycles. The molecule has 5 heteroatoms. The highest BCUT2D eigenvalue weighted by atomic mass is 79.9. The maximum atomic E-state index is 10.7. The molecule has 2 rings (SSSR count). The van der Waals surface area contributed by atoms with Crippen LogP contribution in [0.5, 0.6) is 0 Å². The average Bonchev–Trinajstić information content (AvgIpc) is 2.80. The van der Waals surface area contributed by atoms with Crippen LogP contribution in [0.25, 0.3) is 0 Å². The van der Waals surface area contributed by atoms with Gasteiger partial charge in [0.05, 0.1) is 12.1 Å². The van der Waals surface area contributed by atoms with E-state index in [9.17, 15) is 4.79 Å². The van der Waals surface area contributed by atoms with Crippen molar-refractivity contribution < 1.29 is 14.3 Å². The van der Waals surface area contributed by atoms with Gasteiger partial charge in [-0.15, -0.1) is 0 Å². The summed E-state index contributed by atoms with van der Waals surface area (Å²) < 4.78 is 6.15. The van der Waals surface area contributed by atoms with Crippen molar-refractivity contribution >= 4 is 27.6 Å². The van der Waals surface area contributed by atoms with E-state index < -0.39 is 5.97 Å². The van der Waals surface area contributed by atoms with Crippen molar-refractivity contribution in [2.75, 3.05) is 5.32 Å². The average molecular weight is 310 g/mol. The van der Waals surface area contributed by atoms with Crippen molar-refractivity contribution in [1.29, 1.82) is 0 Å². The lowest BCUT2D eigenvalue weighted by molar-refractivity contribution is 0.0696. The highest BCUT2D eigenvalue weighted by molar-refractivity contribution is 9.10. The summed E-state index contributed by atoms with van der Waals surface area (Å²) in [5.74, 6) is -0.400. The molecule has 4 nitrogen and oxygen atoms in total. The Kier molecular flexibility index (Phi) is 3.72. The first kappa shape index (κ1) is 12.7. The molecule has 2 aromatic rings. The van der Waals surface area contributed by atoms with Crippen molar-refractivity contribution in [1.82, 2.24) is 0 Å². The first-order valence-electron chi connectivity index (χ1n) is 5.37. The molecule has 0 atom stereocenters. The molecule has 0 spiro atoms. The van der Waals surface area contributed by atoms with E-state index in [2.05, 4.69) is 21.2 Å². The van der Waals surface area contributed by atoms with Crippen LogP contribution in [0.3, 0.4) is 0 Å². The van der Waals surface area contributed by atoms with E-state index in [1.165, 1.54) is 12.3 Å². The highest BCUT2D eigenvalue weighted by Gasteiger charge is 2.08. The van der Waals surface area contributed by atoms with Gasteiger partial charge in [0.15, 0.2) is 0 Å². The summed E-state index contributed by atoms with van der Waals surface area (Å²) >= 11 is 3.49. The summed E-state index contributed by atoms with van der Waals surface area (Å²) in [5.41, 5.74) is 2.24. The van der Waals surface area contributed by atoms with Crippen LogP contribution < -0.4 is 5.32 Å². The van der Waals surface area contributed by atoms with E-state index in [1.54, 1.807) is 0 Å². The molecular formula is C13H12BrNO3. The van der Waals surface area contributed by atoms with Crippen molar-refractivity contribution in [2.45, 2.75) is 13.5 Å². The molecule has 0 saturated heterocycles. The predicted molar refractivity (Wildman–Crippen MR) is 71.9 cm³/mol. The molecule has 94 valence electrons. The third kappa shape index (κ3) is 2.73. The molecule has 1 aromatic heterocycles. The van der Waals surface area contributed by atoms with Crippen molar-refractivity contribution in [2.24, 2.45) is 0 Å². The summed E-state index contributed by atoms with van der Waals surface area (Å²) in [6.45, 7) is 2.44. The number of anilines is 1. The molecule has 0 saturated carbocycles. The van der Waals surface area contributed by atoms with Gasteiger partial charge in [-0.1, -0.05) is 12.1 Å². The zero-order valence-corrected chi connectivity index (χ0v) is 11.3. The number of benzene rings is 1. The largest absolute Gasteiger partial charge is 0.478 e. The second kappa shape index (κ2) is 5.27. The topological polar surface area (TPSA) is 62.5 Å². The van der Waals surface area contributed by atoms with Crippen LogP contribution in [0.2, 0.25) is 0 Å². The molecule has 0 radical (unpaired) electrons. The van der Waals surface area contributed by atoms with Crippen LogP contribution in [0.1, 0.15) is 21.7 Å². The summed E-state index contributed by atoms with van der Waals surface area (Å²) in [4.78, 5) is 10.7. The van der Waals surface area contributed by atoms with Crippen LogP contribution in [0.4, 0.5) is 5.69 Å². The summed E-state index contributed by atoms with van der Waals surface area (Å²) in [7, 11) is 0. The minimum Gasteiger partial charge on any atom is -0.478 e. The first-order valence-corrected chi connectivity index (χ1v) is 6.17. The van der Waals surface area contributed by atoms with Gasteiger partial charge in [0.2, 0.25) is 0 Å². The Morgan fingerprint density at radius 1 is 1.50 bits per heavy atom. The number of rotatable bonds is 4. The van der Waals surface area contributed by atoms with Crippen molar-refractivity contribution in [3.05, 3.63) is 51.9 Å². The smallest absolute Gasteiger partial charge is 0.338 e. The maximum Gasteiger partial charge on any atom is 0.338 e. The fourth-order valence-corrected chi connectivity index (χ4v) is 1.96. The number of carboxylic acid groups (broad SMARTS) is 1. The molecule has 0 unspecified atom stereocenters. The number of hydrogen-bond donors (Lipinski definition) is 2. The number of nitrogens with one attached hydrogen (secondary N) is 1. The van der Waals surface area contributed by atoms with Crippen LogP contribution in [-0.4, -0.2) is 11.1 Å². The molecule has 0 amide bonds. The van der Waals surface area contributed by atoms with E-state index in [-0.39, 0.29) is 5.56 Å². The third-order valence-electron chi connectivity index (χ3n) is 2.55. The van der Waals surface area contributed by atoms with E-state index in [0.29, 0.717) is 12.3 Å². The number of carboxylic acids is 1. The molecule has 2 N–H and O–H groups in total. The van der Waals surface area contributed by atoms with Gasteiger partial charge in [-0.05, 0) is 40.5 Å². The monoisotopic (exact) mass is 309 g/mol. The van der Waals surface area contributed by atoms with Crippen LogP contribution in [0.15, 0.2) is 39.4 Å². The van der Waals surface area contributed by atoms with Gasteiger partial charge in [0.25, 0.3) is 0 Å². The Morgan fingerprint density at radius 3 is 2.94 bits per heavy atom. The molecule has 0 aliphatic carbocycles. The van der Waals surface area contributed by atoms with Gasteiger partial charge in [-0.2, -0.15) is 0 Å². The first-order chi connectivity index (χ1) is 8.58. The highest BCUT2D eigenvalue weighted by Crippen LogP contribution is 2.26. The molecule has 0 bridgehead atoms. The van der Waals surface area contributed by atoms with E-state index in [0.717, 1.165) is 15.7 Å². The Morgan fingerprint density at radius 2 is 2.28 bits per heavy atom. The second-order valence-corrected chi connectivity index (χ2v) is 4.69. The molecular weight excluding hydrogens is 298 g/mol. The zero-order valence-electron chi connectivity index (χ0n) is 9.74. The van der Waals surface area contributed by atoms with Crippen LogP contribution >= 0.6 is 15.9 Å². The summed E-state index contributed by atoms with van der Waals surface area (Å²) in [6.07, 6.45) is 1.24. The lowest BCUT2D eigenvalue weighted by Gasteiger charge is -2.08. The van der Waals surface area contributed by atoms with Gasteiger partial charge >= 0.3 is 5.97 Å². The fraction of sp³-hybridized carbons (Fsp3) is 0.154. The molecule has 1 heterocycles. The lowest BCUT2D eigenvalue weighted by Crippen LogP contribution is -1.99. The Bertz CT molecular complexity index is 577. The fourth-order valence-electron chi connectivity index (χ4n) is 1.55. The second-order valence-electron chi connectivity index (χ2n) is 3.90. The quantitative estimate of drug-likeness (QED) is 0.904. The van der Waals surface area contributed by atoms with Crippen molar-refractivity contribution in [3.63, 3.8) is 0 Å². The van der Waals surface area contributed by atoms with E-state index in [1.807, 2.05) is 25.1 Å². The number of halogens is 1. The molecule has 1 aromatic carbocycles. The number of furan rings is 1. The van der Waals surface area contributed by atoms with Gasteiger partial charge in [0, 0.05) is 10.2 Å². The summed E-state index contributed by atoms with van der Waals surface area (Å²) in [6, 6.07) is 7.41. The molecule has 0 fully saturated rings. The predicted octanol–water partition coefficient (Wildman–Crippen LogP) is 3.66. The van der Waals surface area contributed by atoms with Gasteiger partial charge in [-0.3, -0.25) is 0 Å². The van der Waals surface area contributed by atoms with Crippen molar-refractivity contribution in [3.8, 4) is 0 Å². The van der Waals surface area contributed by atoms with E-state index in [4.69, 9.17) is 9.52 Å². The molecule has 18 heavy (non-hydrogen) atoms. The number of aromatic carboxylic acids is 1. The van der Waals surface area contributed by atoms with E-state index >= 15 is 0 Å². The Hall–Kier alpha value is -1.75. The van der Waals surface area contributed by atoms with Gasteiger partial charge in [-0.25, -0.2) is 4.79 Å². The lowest BCUT2D eigenvalue weighted by atomic mass is 10.2. The SMILES string of the molecule is Cc1cccc(NCc2cc(C(=O)O)co2)c1Br. The number of hydrogen-bond acceptors (Lipinski definition) is 3. The number of carbonyl (C=O) groups is 1. The van der Waals surface area contributed by atoms with Crippen LogP contribution in [-0.2, 0) is 6.54 Å². The number of aryl methyl sites for hydroxylation is 1. The normalized spacial score (nSPS) is 10.3. The third-order valence-corrected chi connectivity index (χ3v) is 3.60. The van der Waals surface area contributed by atoms with Crippen LogP contribution in [0, 0.1) is 6.92 Å². The Balaban J connectivity index is 2.07. The zero-order chi connectivity index (χ0) is 13.1. The summed E-state index contributed by atoms with van der Waals surface area (Å²) in [5, 5.41) is 12.0. The van der Waals surface area contributed by atoms with Gasteiger partial charge in [0.1, 0.15) is 12.0 Å². The minimum absolute atomic E-state index is 0.162. The standard InChI is InChI=1S/C13H12BrNO3/c1-8-3-2-4-11(12(8)14)15-6-10-5-9(7-18-10)13(16)17/h2-5,7,15H,6H2,1H3,(H,16,17).